The van der Waals surface area contributed by atoms with Crippen molar-refractivity contribution < 1.29 is 9.18 Å². The fourth-order valence-corrected chi connectivity index (χ4v) is 3.46. The first-order valence-electron chi connectivity index (χ1n) is 8.85. The number of aromatic nitrogens is 2. The van der Waals surface area contributed by atoms with Gasteiger partial charge in [-0.15, -0.1) is 0 Å². The van der Waals surface area contributed by atoms with Crippen molar-refractivity contribution in [3.05, 3.63) is 83.9 Å². The van der Waals surface area contributed by atoms with Crippen LogP contribution in [0.5, 0.6) is 0 Å². The van der Waals surface area contributed by atoms with Crippen molar-refractivity contribution in [3.8, 4) is 5.69 Å². The molecule has 3 aromatic rings. The van der Waals surface area contributed by atoms with E-state index in [0.717, 1.165) is 18.5 Å². The molecule has 0 unspecified atom stereocenters. The molecule has 26 heavy (non-hydrogen) atoms. The van der Waals surface area contributed by atoms with Crippen LogP contribution in [0.4, 0.5) is 4.39 Å². The third-order valence-electron chi connectivity index (χ3n) is 4.97. The molecule has 0 saturated carbocycles. The van der Waals surface area contributed by atoms with Gasteiger partial charge in [0.1, 0.15) is 5.82 Å². The van der Waals surface area contributed by atoms with Crippen molar-refractivity contribution in [3.63, 3.8) is 0 Å². The Hall–Kier alpha value is -2.95. The van der Waals surface area contributed by atoms with Crippen molar-refractivity contribution in [2.24, 2.45) is 0 Å². The number of carbonyl (C=O) groups is 1. The fourth-order valence-electron chi connectivity index (χ4n) is 3.46. The Morgan fingerprint density at radius 3 is 2.38 bits per heavy atom. The summed E-state index contributed by atoms with van der Waals surface area (Å²) < 4.78 is 14.9. The molecule has 1 amide bonds. The maximum Gasteiger partial charge on any atom is 0.253 e. The van der Waals surface area contributed by atoms with Gasteiger partial charge in [-0.05, 0) is 60.7 Å². The Morgan fingerprint density at radius 2 is 1.69 bits per heavy atom. The highest BCUT2D eigenvalue weighted by molar-refractivity contribution is 5.94. The molecule has 1 saturated heterocycles. The Kier molecular flexibility index (Phi) is 4.52. The second-order valence-corrected chi connectivity index (χ2v) is 6.63. The predicted octanol–water partition coefficient (Wildman–Crippen LogP) is 4.03. The Labute approximate surface area is 151 Å². The van der Waals surface area contributed by atoms with E-state index in [4.69, 9.17) is 0 Å². The fraction of sp³-hybridized carbons (Fsp3) is 0.238. The van der Waals surface area contributed by atoms with E-state index in [1.807, 2.05) is 46.1 Å². The molecule has 1 aromatic heterocycles. The average Bonchev–Trinajstić information content (AvgIpc) is 3.19. The second-order valence-electron chi connectivity index (χ2n) is 6.63. The average molecular weight is 349 g/mol. The van der Waals surface area contributed by atoms with Gasteiger partial charge in [-0.25, -0.2) is 9.07 Å². The summed E-state index contributed by atoms with van der Waals surface area (Å²) in [5.41, 5.74) is 2.80. The number of nitrogens with zero attached hydrogens (tertiary/aromatic N) is 3. The highest BCUT2D eigenvalue weighted by atomic mass is 19.1. The molecule has 4 rings (SSSR count). The van der Waals surface area contributed by atoms with Gasteiger partial charge in [0.05, 0.1) is 11.9 Å². The molecule has 4 nitrogen and oxygen atoms in total. The van der Waals surface area contributed by atoms with E-state index in [2.05, 4.69) is 11.3 Å². The lowest BCUT2D eigenvalue weighted by molar-refractivity contribution is 0.0713. The van der Waals surface area contributed by atoms with Crippen molar-refractivity contribution in [1.82, 2.24) is 14.7 Å². The summed E-state index contributed by atoms with van der Waals surface area (Å²) in [5.74, 6) is 0.0591. The summed E-state index contributed by atoms with van der Waals surface area (Å²) in [6.07, 6.45) is 5.83. The molecule has 132 valence electrons. The van der Waals surface area contributed by atoms with Gasteiger partial charge in [0.25, 0.3) is 5.91 Å². The van der Waals surface area contributed by atoms with E-state index in [1.54, 1.807) is 12.1 Å². The number of likely N-dealkylation sites (tertiary alicyclic amines) is 1. The van der Waals surface area contributed by atoms with Crippen LogP contribution in [0, 0.1) is 5.82 Å². The number of rotatable bonds is 3. The number of hydrogen-bond acceptors (Lipinski definition) is 2. The lowest BCUT2D eigenvalue weighted by Gasteiger charge is -2.31. The smallest absolute Gasteiger partial charge is 0.253 e. The quantitative estimate of drug-likeness (QED) is 0.716. The Morgan fingerprint density at radius 1 is 1.00 bits per heavy atom. The maximum atomic E-state index is 13.0. The molecular formula is C21H20FN3O. The molecule has 0 radical (unpaired) electrons. The summed E-state index contributed by atoms with van der Waals surface area (Å²) in [6.45, 7) is 1.41. The third-order valence-corrected chi connectivity index (χ3v) is 4.97. The number of carbonyl (C=O) groups excluding carboxylic acids is 1. The Bertz CT molecular complexity index is 881. The summed E-state index contributed by atoms with van der Waals surface area (Å²) in [7, 11) is 0. The molecule has 1 aliphatic heterocycles. The highest BCUT2D eigenvalue weighted by Gasteiger charge is 2.25. The predicted molar refractivity (Wildman–Crippen MR) is 97.8 cm³/mol. The third kappa shape index (κ3) is 3.38. The van der Waals surface area contributed by atoms with Gasteiger partial charge in [-0.2, -0.15) is 5.10 Å². The zero-order chi connectivity index (χ0) is 17.9. The van der Waals surface area contributed by atoms with Crippen LogP contribution in [-0.2, 0) is 0 Å². The minimum Gasteiger partial charge on any atom is -0.339 e. The van der Waals surface area contributed by atoms with Gasteiger partial charge in [0.15, 0.2) is 0 Å². The van der Waals surface area contributed by atoms with E-state index in [9.17, 15) is 9.18 Å². The molecule has 0 N–H and O–H groups in total. The van der Waals surface area contributed by atoms with E-state index in [1.165, 1.54) is 17.7 Å². The minimum absolute atomic E-state index is 0.0246. The summed E-state index contributed by atoms with van der Waals surface area (Å²) in [4.78, 5) is 14.4. The standard InChI is InChI=1S/C21H20FN3O/c22-19-8-6-17(7-9-19)21(26)24-12-10-16(11-13-24)18-14-23-25(15-18)20-4-2-1-3-5-20/h1-9,14-16H,10-13H2. The van der Waals surface area contributed by atoms with E-state index in [-0.39, 0.29) is 11.7 Å². The summed E-state index contributed by atoms with van der Waals surface area (Å²) in [5, 5.41) is 4.47. The summed E-state index contributed by atoms with van der Waals surface area (Å²) >= 11 is 0. The zero-order valence-electron chi connectivity index (χ0n) is 14.4. The van der Waals surface area contributed by atoms with Crippen LogP contribution in [-0.4, -0.2) is 33.7 Å². The Balaban J connectivity index is 1.40. The number of amides is 1. The van der Waals surface area contributed by atoms with Gasteiger partial charge in [-0.3, -0.25) is 4.79 Å². The molecular weight excluding hydrogens is 329 g/mol. The van der Waals surface area contributed by atoms with Crippen LogP contribution in [0.25, 0.3) is 5.69 Å². The van der Waals surface area contributed by atoms with Crippen molar-refractivity contribution in [2.45, 2.75) is 18.8 Å². The van der Waals surface area contributed by atoms with Gasteiger partial charge in [0.2, 0.25) is 0 Å². The molecule has 1 fully saturated rings. The number of hydrogen-bond donors (Lipinski definition) is 0. The minimum atomic E-state index is -0.323. The van der Waals surface area contributed by atoms with Crippen LogP contribution >= 0.6 is 0 Å². The monoisotopic (exact) mass is 349 g/mol. The lowest BCUT2D eigenvalue weighted by atomic mass is 9.91. The second kappa shape index (κ2) is 7.12. The van der Waals surface area contributed by atoms with Crippen LogP contribution in [0.1, 0.15) is 34.7 Å². The van der Waals surface area contributed by atoms with Crippen LogP contribution in [0.15, 0.2) is 67.0 Å². The van der Waals surface area contributed by atoms with Crippen LogP contribution in [0.2, 0.25) is 0 Å². The van der Waals surface area contributed by atoms with Crippen molar-refractivity contribution in [1.29, 1.82) is 0 Å². The zero-order valence-corrected chi connectivity index (χ0v) is 14.4. The first kappa shape index (κ1) is 16.5. The highest BCUT2D eigenvalue weighted by Crippen LogP contribution is 2.29. The molecule has 5 heteroatoms. The largest absolute Gasteiger partial charge is 0.339 e. The summed E-state index contributed by atoms with van der Waals surface area (Å²) in [6, 6.07) is 15.8. The van der Waals surface area contributed by atoms with Crippen molar-refractivity contribution >= 4 is 5.91 Å². The van der Waals surface area contributed by atoms with E-state index < -0.39 is 0 Å². The SMILES string of the molecule is O=C(c1ccc(F)cc1)N1CCC(c2cnn(-c3ccccc3)c2)CC1. The maximum absolute atomic E-state index is 13.0. The first-order chi connectivity index (χ1) is 12.7. The molecule has 0 spiro atoms. The lowest BCUT2D eigenvalue weighted by Crippen LogP contribution is -2.37. The topological polar surface area (TPSA) is 38.1 Å². The normalized spacial score (nSPS) is 15.2. The number of para-hydroxylation sites is 1. The van der Waals surface area contributed by atoms with E-state index >= 15 is 0 Å². The molecule has 0 aliphatic carbocycles. The molecule has 1 aliphatic rings. The van der Waals surface area contributed by atoms with Crippen molar-refractivity contribution in [2.75, 3.05) is 13.1 Å². The molecule has 2 aromatic carbocycles. The number of piperidine rings is 1. The first-order valence-corrected chi connectivity index (χ1v) is 8.85. The number of benzene rings is 2. The van der Waals surface area contributed by atoms with Crippen LogP contribution in [0.3, 0.4) is 0 Å². The number of halogens is 1. The molecule has 0 atom stereocenters. The van der Waals surface area contributed by atoms with Gasteiger partial charge in [0, 0.05) is 24.8 Å². The van der Waals surface area contributed by atoms with E-state index in [0.29, 0.717) is 24.6 Å². The van der Waals surface area contributed by atoms with Gasteiger partial charge >= 0.3 is 0 Å². The molecule has 0 bridgehead atoms. The van der Waals surface area contributed by atoms with Gasteiger partial charge < -0.3 is 4.90 Å². The van der Waals surface area contributed by atoms with Crippen LogP contribution < -0.4 is 0 Å². The van der Waals surface area contributed by atoms with Gasteiger partial charge in [-0.1, -0.05) is 18.2 Å². The molecule has 2 heterocycles.